The van der Waals surface area contributed by atoms with Gasteiger partial charge < -0.3 is 4.74 Å². The smallest absolute Gasteiger partial charge is 0.220 e. The molecule has 1 aromatic carbocycles. The highest BCUT2D eigenvalue weighted by atomic mass is 32.2. The minimum atomic E-state index is -0.000717. The lowest BCUT2D eigenvalue weighted by Gasteiger charge is -2.09. The first kappa shape index (κ1) is 13.9. The quantitative estimate of drug-likeness (QED) is 0.795. The van der Waals surface area contributed by atoms with Crippen LogP contribution in [-0.4, -0.2) is 27.1 Å². The molecule has 1 fully saturated rings. The standard InChI is InChI=1S/C13H14O2S3/c14-12-11(7-9-17-12)18-13(16)15-8-6-10-4-2-1-3-5-10/h1-5,11H,6-9H2. The Balaban J connectivity index is 1.67. The SMILES string of the molecule is O=C1SCCC1SC(=S)OCCc1ccccc1. The highest BCUT2D eigenvalue weighted by Crippen LogP contribution is 2.30. The fourth-order valence-corrected chi connectivity index (χ4v) is 4.14. The first-order valence-corrected chi connectivity index (χ1v) is 8.07. The summed E-state index contributed by atoms with van der Waals surface area (Å²) in [6.07, 6.45) is 1.74. The van der Waals surface area contributed by atoms with Crippen LogP contribution in [0.1, 0.15) is 12.0 Å². The Hall–Kier alpha value is -0.520. The maximum Gasteiger partial charge on any atom is 0.220 e. The summed E-state index contributed by atoms with van der Waals surface area (Å²) in [6.45, 7) is 0.573. The minimum absolute atomic E-state index is 0.000717. The molecule has 0 amide bonds. The number of benzene rings is 1. The van der Waals surface area contributed by atoms with Gasteiger partial charge in [-0.15, -0.1) is 0 Å². The Labute approximate surface area is 121 Å². The fourth-order valence-electron chi connectivity index (χ4n) is 1.63. The van der Waals surface area contributed by atoms with Crippen LogP contribution in [0.3, 0.4) is 0 Å². The lowest BCUT2D eigenvalue weighted by atomic mass is 10.2. The summed E-state index contributed by atoms with van der Waals surface area (Å²) < 4.78 is 5.98. The molecule has 0 bridgehead atoms. The van der Waals surface area contributed by atoms with Crippen LogP contribution in [0.4, 0.5) is 0 Å². The second-order valence-electron chi connectivity index (χ2n) is 3.90. The Morgan fingerprint density at radius 1 is 1.44 bits per heavy atom. The van der Waals surface area contributed by atoms with Crippen molar-refractivity contribution in [2.24, 2.45) is 0 Å². The highest BCUT2D eigenvalue weighted by molar-refractivity contribution is 8.25. The molecule has 2 nitrogen and oxygen atoms in total. The molecule has 2 rings (SSSR count). The molecule has 1 aliphatic heterocycles. The molecule has 0 radical (unpaired) electrons. The van der Waals surface area contributed by atoms with Crippen molar-refractivity contribution in [3.8, 4) is 0 Å². The van der Waals surface area contributed by atoms with E-state index in [0.29, 0.717) is 11.0 Å². The van der Waals surface area contributed by atoms with E-state index >= 15 is 0 Å². The lowest BCUT2D eigenvalue weighted by Crippen LogP contribution is -2.12. The zero-order chi connectivity index (χ0) is 12.8. The van der Waals surface area contributed by atoms with Crippen molar-refractivity contribution >= 4 is 45.2 Å². The van der Waals surface area contributed by atoms with E-state index in [0.717, 1.165) is 18.6 Å². The molecule has 0 saturated carbocycles. The van der Waals surface area contributed by atoms with Crippen molar-refractivity contribution in [2.75, 3.05) is 12.4 Å². The molecule has 0 N–H and O–H groups in total. The summed E-state index contributed by atoms with van der Waals surface area (Å²) in [5.41, 5.74) is 1.23. The number of hydrogen-bond acceptors (Lipinski definition) is 5. The second kappa shape index (κ2) is 7.16. The summed E-state index contributed by atoms with van der Waals surface area (Å²) >= 11 is 7.92. The van der Waals surface area contributed by atoms with Crippen molar-refractivity contribution in [1.29, 1.82) is 0 Å². The third kappa shape index (κ3) is 4.30. The molecule has 1 saturated heterocycles. The molecule has 1 aliphatic rings. The Morgan fingerprint density at radius 3 is 2.89 bits per heavy atom. The zero-order valence-electron chi connectivity index (χ0n) is 9.83. The highest BCUT2D eigenvalue weighted by Gasteiger charge is 2.27. The average molecular weight is 298 g/mol. The molecule has 0 aliphatic carbocycles. The molecule has 1 unspecified atom stereocenters. The monoisotopic (exact) mass is 298 g/mol. The Kier molecular flexibility index (Phi) is 5.53. The van der Waals surface area contributed by atoms with Gasteiger partial charge in [-0.1, -0.05) is 53.9 Å². The predicted molar refractivity (Wildman–Crippen MR) is 82.2 cm³/mol. The summed E-state index contributed by atoms with van der Waals surface area (Å²) in [6, 6.07) is 10.1. The van der Waals surface area contributed by atoms with Gasteiger partial charge in [-0.25, -0.2) is 0 Å². The van der Waals surface area contributed by atoms with E-state index in [2.05, 4.69) is 12.1 Å². The Bertz CT molecular complexity index is 420. The van der Waals surface area contributed by atoms with Gasteiger partial charge in [-0.3, -0.25) is 4.79 Å². The van der Waals surface area contributed by atoms with Crippen LogP contribution in [0.5, 0.6) is 0 Å². The van der Waals surface area contributed by atoms with Gasteiger partial charge in [0.25, 0.3) is 0 Å². The van der Waals surface area contributed by atoms with Gasteiger partial charge in [0.2, 0.25) is 9.50 Å². The van der Waals surface area contributed by atoms with E-state index < -0.39 is 0 Å². The maximum absolute atomic E-state index is 11.4. The van der Waals surface area contributed by atoms with Crippen molar-refractivity contribution in [2.45, 2.75) is 18.1 Å². The van der Waals surface area contributed by atoms with Gasteiger partial charge in [0.1, 0.15) is 0 Å². The van der Waals surface area contributed by atoms with Crippen LogP contribution in [0.15, 0.2) is 30.3 Å². The topological polar surface area (TPSA) is 26.3 Å². The van der Waals surface area contributed by atoms with Gasteiger partial charge in [0.15, 0.2) is 0 Å². The summed E-state index contributed by atoms with van der Waals surface area (Å²) in [5.74, 6) is 0.906. The van der Waals surface area contributed by atoms with Gasteiger partial charge in [0.05, 0.1) is 11.9 Å². The van der Waals surface area contributed by atoms with E-state index in [1.807, 2.05) is 18.2 Å². The lowest BCUT2D eigenvalue weighted by molar-refractivity contribution is -0.110. The third-order valence-electron chi connectivity index (χ3n) is 2.58. The molecular weight excluding hydrogens is 284 g/mol. The number of carbonyl (C=O) groups excluding carboxylic acids is 1. The molecule has 1 aromatic rings. The molecule has 1 atom stereocenters. The minimum Gasteiger partial charge on any atom is -0.478 e. The third-order valence-corrected chi connectivity index (χ3v) is 5.19. The first-order valence-electron chi connectivity index (χ1n) is 5.79. The maximum atomic E-state index is 11.4. The molecular formula is C13H14O2S3. The van der Waals surface area contributed by atoms with Crippen molar-refractivity contribution in [1.82, 2.24) is 0 Å². The molecule has 5 heteroatoms. The normalized spacial score (nSPS) is 18.9. The number of rotatable bonds is 4. The van der Waals surface area contributed by atoms with Crippen LogP contribution < -0.4 is 0 Å². The molecule has 1 heterocycles. The summed E-state index contributed by atoms with van der Waals surface area (Å²) in [7, 11) is 0. The van der Waals surface area contributed by atoms with E-state index in [1.165, 1.54) is 29.1 Å². The van der Waals surface area contributed by atoms with Crippen molar-refractivity contribution < 1.29 is 9.53 Å². The van der Waals surface area contributed by atoms with Crippen LogP contribution in [0.25, 0.3) is 0 Å². The number of carbonyl (C=O) groups is 1. The zero-order valence-corrected chi connectivity index (χ0v) is 12.3. The molecule has 96 valence electrons. The second-order valence-corrected chi connectivity index (χ2v) is 6.80. The van der Waals surface area contributed by atoms with Crippen LogP contribution in [-0.2, 0) is 16.0 Å². The number of thioether (sulfide) groups is 2. The average Bonchev–Trinajstić information content (AvgIpc) is 2.76. The summed E-state index contributed by atoms with van der Waals surface area (Å²) in [5, 5.41) is 0.230. The van der Waals surface area contributed by atoms with Crippen LogP contribution in [0.2, 0.25) is 0 Å². The van der Waals surface area contributed by atoms with Crippen molar-refractivity contribution in [3.63, 3.8) is 0 Å². The van der Waals surface area contributed by atoms with E-state index in [4.69, 9.17) is 17.0 Å². The van der Waals surface area contributed by atoms with Crippen LogP contribution >= 0.6 is 35.7 Å². The van der Waals surface area contributed by atoms with Crippen LogP contribution in [0, 0.1) is 0 Å². The largest absolute Gasteiger partial charge is 0.478 e. The number of thiocarbonyl (C=S) groups is 1. The summed E-state index contributed by atoms with van der Waals surface area (Å²) in [4.78, 5) is 11.4. The van der Waals surface area contributed by atoms with E-state index in [1.54, 1.807) is 0 Å². The van der Waals surface area contributed by atoms with Gasteiger partial charge in [-0.05, 0) is 24.2 Å². The Morgan fingerprint density at radius 2 is 2.22 bits per heavy atom. The number of hydrogen-bond donors (Lipinski definition) is 0. The molecule has 0 spiro atoms. The van der Waals surface area contributed by atoms with Gasteiger partial charge in [-0.2, -0.15) is 0 Å². The van der Waals surface area contributed by atoms with E-state index in [9.17, 15) is 4.79 Å². The number of ether oxygens (including phenoxy) is 1. The predicted octanol–water partition coefficient (Wildman–Crippen LogP) is 3.30. The van der Waals surface area contributed by atoms with Gasteiger partial charge in [0, 0.05) is 12.2 Å². The van der Waals surface area contributed by atoms with Crippen molar-refractivity contribution in [3.05, 3.63) is 35.9 Å². The molecule has 18 heavy (non-hydrogen) atoms. The fraction of sp³-hybridized carbons (Fsp3) is 0.385. The molecule has 0 aromatic heterocycles. The van der Waals surface area contributed by atoms with Gasteiger partial charge >= 0.3 is 0 Å². The van der Waals surface area contributed by atoms with E-state index in [-0.39, 0.29) is 10.4 Å². The first-order chi connectivity index (χ1) is 8.75.